The van der Waals surface area contributed by atoms with Gasteiger partial charge in [-0.2, -0.15) is 0 Å². The lowest BCUT2D eigenvalue weighted by Crippen LogP contribution is -2.54. The molecule has 0 aliphatic carbocycles. The fraction of sp³-hybridized carbons (Fsp3) is 0.472. The number of amides is 7. The molecule has 2 aromatic carbocycles. The number of cyclic esters (lactones) is 1. The molecule has 0 saturated heterocycles. The Kier molecular flexibility index (Phi) is 18.4. The van der Waals surface area contributed by atoms with Crippen LogP contribution in [0.2, 0.25) is 0 Å². The summed E-state index contributed by atoms with van der Waals surface area (Å²) in [6, 6.07) is 10.4. The smallest absolute Gasteiger partial charge is 0.415 e. The molecule has 22 nitrogen and oxygen atoms in total. The van der Waals surface area contributed by atoms with Crippen LogP contribution in [0.25, 0.3) is 22.3 Å². The van der Waals surface area contributed by atoms with E-state index >= 15 is 0 Å². The topological polar surface area (TPSA) is 300 Å². The van der Waals surface area contributed by atoms with Gasteiger partial charge in [0.25, 0.3) is 5.56 Å². The zero-order chi connectivity index (χ0) is 54.9. The zero-order valence-corrected chi connectivity index (χ0v) is 43.6. The number of aryl methyl sites for hydroxylation is 1. The largest absolute Gasteiger partial charge is 0.458 e. The Morgan fingerprint density at radius 1 is 0.893 bits per heavy atom. The summed E-state index contributed by atoms with van der Waals surface area (Å²) in [6.07, 6.45) is -0.397. The van der Waals surface area contributed by atoms with E-state index in [-0.39, 0.29) is 112 Å². The first-order valence-electron chi connectivity index (χ1n) is 25.1. The molecule has 0 unspecified atom stereocenters. The maximum atomic E-state index is 13.7. The molecule has 4 heterocycles. The molecule has 7 N–H and O–H groups in total. The Balaban J connectivity index is 1.00. The highest BCUT2D eigenvalue weighted by molar-refractivity contribution is 5.99. The Bertz CT molecular complexity index is 2920. The average Bonchev–Trinajstić information content (AvgIpc) is 3.75. The number of ketones is 1. The van der Waals surface area contributed by atoms with Crippen LogP contribution in [0.5, 0.6) is 5.75 Å². The normalized spacial score (nSPS) is 15.2. The van der Waals surface area contributed by atoms with Crippen molar-refractivity contribution in [2.75, 3.05) is 39.0 Å². The molecule has 0 bridgehead atoms. The van der Waals surface area contributed by atoms with E-state index < -0.39 is 59.6 Å². The Morgan fingerprint density at radius 3 is 2.23 bits per heavy atom. The molecule has 22 heteroatoms. The van der Waals surface area contributed by atoms with E-state index in [0.717, 1.165) is 16.5 Å². The van der Waals surface area contributed by atoms with Gasteiger partial charge in [-0.3, -0.25) is 24.0 Å². The predicted octanol–water partition coefficient (Wildman–Crippen LogP) is 4.36. The molecule has 2 aromatic heterocycles. The highest BCUT2D eigenvalue weighted by atomic mass is 16.6. The summed E-state index contributed by atoms with van der Waals surface area (Å²) >= 11 is 0. The van der Waals surface area contributed by atoms with E-state index in [2.05, 4.69) is 21.3 Å². The SMILES string of the molecule is CCc1c2c(nc3ccc(OC(=O)N(C)CCN(C)C(=O)OCc4ccc(NC(=O)[C@H](CCCNC(N)=O)NC(=O)[C@@H](NC(=O)CCC(=O)C(C)C)C(C)C)cc4)cc13)-c1cc3c(c(=O)n1C2)COC(=O)[C@]3(O)CC. The number of aliphatic hydroxyl groups is 1. The van der Waals surface area contributed by atoms with E-state index in [1.165, 1.54) is 23.9 Å². The Hall–Kier alpha value is -7.88. The van der Waals surface area contributed by atoms with E-state index in [1.807, 2.05) is 6.92 Å². The lowest BCUT2D eigenvalue weighted by molar-refractivity contribution is -0.172. The standard InChI is InChI=1S/C53H67N9O13/c1-9-34-35-24-33(17-18-39(35)57-45-36(34)26-62-41(45)25-38-37(48(62)67)28-73-49(68)53(38,72)10-2)75-52(71)61(8)23-22-60(7)51(70)74-27-31-13-15-32(16-14-31)56-46(65)40(12-11-21-55-50(54)69)58-47(66)44(30(5)6)59-43(64)20-19-42(63)29(3)4/h13-18,24-25,29-30,40,44,72H,9-12,19-23,26-28H2,1-8H3,(H,56,65)(H,58,66)(H,59,64)(H3,54,55,69)/t40-,44-,53-/m0/s1. The van der Waals surface area contributed by atoms with Gasteiger partial charge in [0.05, 0.1) is 29.0 Å². The van der Waals surface area contributed by atoms with Crippen LogP contribution in [0.4, 0.5) is 20.1 Å². The third kappa shape index (κ3) is 13.3. The number of benzene rings is 2. The fourth-order valence-corrected chi connectivity index (χ4v) is 8.79. The van der Waals surface area contributed by atoms with Crippen molar-refractivity contribution in [3.8, 4) is 17.1 Å². The predicted molar refractivity (Wildman–Crippen MR) is 275 cm³/mol. The van der Waals surface area contributed by atoms with Crippen LogP contribution in [0.15, 0.2) is 53.3 Å². The van der Waals surface area contributed by atoms with Crippen molar-refractivity contribution in [3.05, 3.63) is 86.7 Å². The summed E-state index contributed by atoms with van der Waals surface area (Å²) in [5.74, 6) is -2.83. The van der Waals surface area contributed by atoms with Gasteiger partial charge in [-0.25, -0.2) is 24.2 Å². The number of nitrogens with zero attached hydrogens (tertiary/aromatic N) is 4. The van der Waals surface area contributed by atoms with Gasteiger partial charge in [0.2, 0.25) is 17.7 Å². The van der Waals surface area contributed by atoms with Crippen molar-refractivity contribution in [2.45, 2.75) is 118 Å². The highest BCUT2D eigenvalue weighted by Gasteiger charge is 2.45. The number of pyridine rings is 2. The Labute approximate surface area is 434 Å². The molecule has 2 aliphatic rings. The molecule has 75 heavy (non-hydrogen) atoms. The first-order chi connectivity index (χ1) is 35.6. The van der Waals surface area contributed by atoms with Crippen LogP contribution in [-0.2, 0) is 65.2 Å². The van der Waals surface area contributed by atoms with Crippen molar-refractivity contribution in [3.63, 3.8) is 0 Å². The molecule has 7 amide bonds. The first-order valence-corrected chi connectivity index (χ1v) is 25.1. The number of fused-ring (bicyclic) bond motifs is 5. The number of carbonyl (C=O) groups is 8. The van der Waals surface area contributed by atoms with Gasteiger partial charge >= 0.3 is 24.2 Å². The van der Waals surface area contributed by atoms with Crippen LogP contribution >= 0.6 is 0 Å². The quantitative estimate of drug-likeness (QED) is 0.0415. The van der Waals surface area contributed by atoms with Crippen LogP contribution in [0.1, 0.15) is 101 Å². The van der Waals surface area contributed by atoms with E-state index in [4.69, 9.17) is 24.9 Å². The van der Waals surface area contributed by atoms with Crippen molar-refractivity contribution < 1.29 is 57.7 Å². The number of carbonyl (C=O) groups excluding carboxylic acids is 8. The molecule has 402 valence electrons. The molecule has 6 rings (SSSR count). The first kappa shape index (κ1) is 56.4. The molecule has 3 atom stereocenters. The number of nitrogens with two attached hydrogens (primary N) is 1. The van der Waals surface area contributed by atoms with Gasteiger partial charge in [-0.05, 0) is 79.1 Å². The van der Waals surface area contributed by atoms with E-state index in [0.29, 0.717) is 34.6 Å². The van der Waals surface area contributed by atoms with Crippen molar-refractivity contribution in [2.24, 2.45) is 17.6 Å². The molecule has 4 aromatic rings. The summed E-state index contributed by atoms with van der Waals surface area (Å²) in [5.41, 5.74) is 7.66. The van der Waals surface area contributed by atoms with Crippen LogP contribution in [0.3, 0.4) is 0 Å². The molecule has 0 fully saturated rings. The maximum absolute atomic E-state index is 13.7. The number of esters is 1. The van der Waals surface area contributed by atoms with E-state index in [1.54, 1.807) is 87.7 Å². The second-order valence-electron chi connectivity index (χ2n) is 19.4. The molecule has 0 spiro atoms. The second-order valence-corrected chi connectivity index (χ2v) is 19.4. The number of Topliss-reactive ketones (excluding diaryl/α,β-unsaturated/α-hetero) is 1. The minimum atomic E-state index is -1.95. The number of urea groups is 1. The van der Waals surface area contributed by atoms with Crippen molar-refractivity contribution >= 4 is 64.3 Å². The molecule has 0 radical (unpaired) electrons. The highest BCUT2D eigenvalue weighted by Crippen LogP contribution is 2.41. The summed E-state index contributed by atoms with van der Waals surface area (Å²) in [6.45, 7) is 10.8. The zero-order valence-electron chi connectivity index (χ0n) is 43.6. The number of hydrogen-bond donors (Lipinski definition) is 6. The fourth-order valence-electron chi connectivity index (χ4n) is 8.79. The average molecular weight is 1040 g/mol. The summed E-state index contributed by atoms with van der Waals surface area (Å²) in [5, 5.41) is 22.6. The summed E-state index contributed by atoms with van der Waals surface area (Å²) in [4.78, 5) is 123. The number of nitrogens with one attached hydrogen (secondary N) is 4. The van der Waals surface area contributed by atoms with Crippen LogP contribution in [-0.4, -0.2) is 118 Å². The number of ether oxygens (including phenoxy) is 3. The van der Waals surface area contributed by atoms with Gasteiger partial charge in [0, 0.05) is 74.7 Å². The van der Waals surface area contributed by atoms with Crippen LogP contribution in [0, 0.1) is 11.8 Å². The maximum Gasteiger partial charge on any atom is 0.415 e. The number of likely N-dealkylation sites (N-methyl/N-ethyl adjacent to an activating group) is 2. The number of primary amides is 1. The number of hydrogen-bond acceptors (Lipinski definition) is 14. The van der Waals surface area contributed by atoms with Gasteiger partial charge in [-0.15, -0.1) is 0 Å². The van der Waals surface area contributed by atoms with Crippen molar-refractivity contribution in [1.29, 1.82) is 0 Å². The molecular formula is C53H67N9O13. The number of anilines is 1. The molecule has 2 aliphatic heterocycles. The lowest BCUT2D eigenvalue weighted by atomic mass is 9.86. The summed E-state index contributed by atoms with van der Waals surface area (Å²) in [7, 11) is 3.05. The van der Waals surface area contributed by atoms with Gasteiger partial charge < -0.3 is 60.7 Å². The third-order valence-electron chi connectivity index (χ3n) is 13.4. The Morgan fingerprint density at radius 2 is 1.59 bits per heavy atom. The summed E-state index contributed by atoms with van der Waals surface area (Å²) < 4.78 is 18.0. The molecular weight excluding hydrogens is 971 g/mol. The van der Waals surface area contributed by atoms with Gasteiger partial charge in [-0.1, -0.05) is 53.7 Å². The number of aromatic nitrogens is 2. The van der Waals surface area contributed by atoms with Crippen molar-refractivity contribution in [1.82, 2.24) is 35.3 Å². The molecule has 0 saturated carbocycles. The number of rotatable bonds is 22. The third-order valence-corrected chi connectivity index (χ3v) is 13.4. The minimum absolute atomic E-state index is 0.0275. The second kappa shape index (κ2) is 24.4. The van der Waals surface area contributed by atoms with E-state index in [9.17, 15) is 48.3 Å². The van der Waals surface area contributed by atoms with Crippen LogP contribution < -0.4 is 37.3 Å². The lowest BCUT2D eigenvalue weighted by Gasteiger charge is -2.31. The van der Waals surface area contributed by atoms with Gasteiger partial charge in [0.15, 0.2) is 5.60 Å². The minimum Gasteiger partial charge on any atom is -0.458 e. The monoisotopic (exact) mass is 1040 g/mol. The van der Waals surface area contributed by atoms with Gasteiger partial charge in [0.1, 0.15) is 36.8 Å².